The van der Waals surface area contributed by atoms with Crippen molar-refractivity contribution in [1.29, 1.82) is 5.26 Å². The predicted octanol–water partition coefficient (Wildman–Crippen LogP) is 3.57. The summed E-state index contributed by atoms with van der Waals surface area (Å²) in [6, 6.07) is 4.09. The molecule has 28 heavy (non-hydrogen) atoms. The summed E-state index contributed by atoms with van der Waals surface area (Å²) in [6.45, 7) is 7.97. The minimum absolute atomic E-state index is 0.141. The Hall–Kier alpha value is -2.21. The fourth-order valence-corrected chi connectivity index (χ4v) is 5.57. The number of amides is 1. The Morgan fingerprint density at radius 2 is 2.11 bits per heavy atom. The van der Waals surface area contributed by atoms with Gasteiger partial charge in [0.05, 0.1) is 12.0 Å². The highest BCUT2D eigenvalue weighted by atomic mass is 32.1. The van der Waals surface area contributed by atoms with Crippen LogP contribution < -0.4 is 10.6 Å². The van der Waals surface area contributed by atoms with Gasteiger partial charge in [0, 0.05) is 16.0 Å². The van der Waals surface area contributed by atoms with E-state index in [1.807, 2.05) is 16.8 Å². The second-order valence-corrected chi connectivity index (χ2v) is 9.85. The van der Waals surface area contributed by atoms with Crippen molar-refractivity contribution in [1.82, 2.24) is 5.32 Å². The third-order valence-corrected chi connectivity index (χ3v) is 6.71. The van der Waals surface area contributed by atoms with Crippen LogP contribution >= 0.6 is 22.7 Å². The second-order valence-electron chi connectivity index (χ2n) is 8.05. The fraction of sp³-hybridized carbons (Fsp3) is 0.450. The van der Waals surface area contributed by atoms with Gasteiger partial charge >= 0.3 is 5.97 Å². The summed E-state index contributed by atoms with van der Waals surface area (Å²) in [5.74, 6) is -0.898. The molecule has 0 aliphatic carbocycles. The van der Waals surface area contributed by atoms with Crippen molar-refractivity contribution < 1.29 is 14.3 Å². The number of carbonyl (C=O) groups is 2. The highest BCUT2D eigenvalue weighted by Crippen LogP contribution is 2.44. The maximum Gasteiger partial charge on any atom is 0.310 e. The number of nitrogens with zero attached hydrogens (tertiary/aromatic N) is 1. The normalized spacial score (nSPS) is 16.7. The molecule has 0 saturated heterocycles. The standard InChI is InChI=1S/C20H23N3O3S2/c1-19(2)8-13-14(9-21)18(28-17(13)20(3,4)23-19)22-15(24)10-26-16(25)7-12-5-6-27-11-12/h5-6,11,23H,7-8,10H2,1-4H3,(H,22,24). The van der Waals surface area contributed by atoms with Gasteiger partial charge in [-0.25, -0.2) is 0 Å². The van der Waals surface area contributed by atoms with E-state index >= 15 is 0 Å². The number of ether oxygens (including phenoxy) is 1. The number of fused-ring (bicyclic) bond motifs is 1. The second kappa shape index (κ2) is 7.66. The van der Waals surface area contributed by atoms with Crippen LogP contribution in [0.15, 0.2) is 16.8 Å². The number of hydrogen-bond acceptors (Lipinski definition) is 7. The monoisotopic (exact) mass is 417 g/mol. The number of carbonyl (C=O) groups excluding carboxylic acids is 2. The van der Waals surface area contributed by atoms with E-state index in [0.29, 0.717) is 17.0 Å². The van der Waals surface area contributed by atoms with Gasteiger partial charge in [0.25, 0.3) is 5.91 Å². The van der Waals surface area contributed by atoms with E-state index in [1.54, 1.807) is 0 Å². The number of nitrogens with one attached hydrogen (secondary N) is 2. The van der Waals surface area contributed by atoms with Crippen LogP contribution in [0.3, 0.4) is 0 Å². The SMILES string of the molecule is CC1(C)Cc2c(sc(NC(=O)COC(=O)Cc3ccsc3)c2C#N)C(C)(C)N1. The van der Waals surface area contributed by atoms with Gasteiger partial charge in [-0.05, 0) is 62.1 Å². The van der Waals surface area contributed by atoms with Crippen molar-refractivity contribution >= 4 is 39.6 Å². The first-order valence-corrected chi connectivity index (χ1v) is 10.7. The summed E-state index contributed by atoms with van der Waals surface area (Å²) in [7, 11) is 0. The minimum atomic E-state index is -0.452. The van der Waals surface area contributed by atoms with Crippen LogP contribution in [-0.4, -0.2) is 24.0 Å². The summed E-state index contributed by atoms with van der Waals surface area (Å²) < 4.78 is 5.06. The van der Waals surface area contributed by atoms with Crippen LogP contribution in [0.5, 0.6) is 0 Å². The molecular formula is C20H23N3O3S2. The molecule has 148 valence electrons. The molecule has 0 saturated carbocycles. The third-order valence-electron chi connectivity index (χ3n) is 4.50. The topological polar surface area (TPSA) is 91.2 Å². The van der Waals surface area contributed by atoms with E-state index in [2.05, 4.69) is 44.4 Å². The number of anilines is 1. The summed E-state index contributed by atoms with van der Waals surface area (Å²) >= 11 is 2.91. The third kappa shape index (κ3) is 4.43. The van der Waals surface area contributed by atoms with Gasteiger partial charge in [-0.1, -0.05) is 0 Å². The summed E-state index contributed by atoms with van der Waals surface area (Å²) in [6.07, 6.45) is 0.846. The molecule has 0 atom stereocenters. The molecule has 6 nitrogen and oxygen atoms in total. The average molecular weight is 418 g/mol. The zero-order valence-corrected chi connectivity index (χ0v) is 18.0. The van der Waals surface area contributed by atoms with Crippen LogP contribution in [0.25, 0.3) is 0 Å². The molecule has 8 heteroatoms. The molecular weight excluding hydrogens is 394 g/mol. The Kier molecular flexibility index (Phi) is 5.62. The van der Waals surface area contributed by atoms with Gasteiger partial charge in [0.15, 0.2) is 6.61 Å². The van der Waals surface area contributed by atoms with Crippen LogP contribution in [-0.2, 0) is 32.7 Å². The number of hydrogen-bond donors (Lipinski definition) is 2. The van der Waals surface area contributed by atoms with Crippen LogP contribution in [0.4, 0.5) is 5.00 Å². The zero-order valence-electron chi connectivity index (χ0n) is 16.3. The molecule has 0 bridgehead atoms. The quantitative estimate of drug-likeness (QED) is 0.726. The maximum atomic E-state index is 12.3. The Morgan fingerprint density at radius 1 is 1.36 bits per heavy atom. The lowest BCUT2D eigenvalue weighted by Crippen LogP contribution is -2.54. The molecule has 0 unspecified atom stereocenters. The molecule has 3 rings (SSSR count). The van der Waals surface area contributed by atoms with Gasteiger partial charge in [-0.3, -0.25) is 9.59 Å². The molecule has 2 N–H and O–H groups in total. The van der Waals surface area contributed by atoms with Crippen LogP contribution in [0, 0.1) is 11.3 Å². The molecule has 0 spiro atoms. The summed E-state index contributed by atoms with van der Waals surface area (Å²) in [4.78, 5) is 25.2. The van der Waals surface area contributed by atoms with E-state index in [-0.39, 0.29) is 24.1 Å². The van der Waals surface area contributed by atoms with E-state index in [4.69, 9.17) is 4.74 Å². The van der Waals surface area contributed by atoms with Crippen molar-refractivity contribution in [2.24, 2.45) is 0 Å². The highest BCUT2D eigenvalue weighted by Gasteiger charge is 2.40. The van der Waals surface area contributed by atoms with E-state index < -0.39 is 11.9 Å². The van der Waals surface area contributed by atoms with Gasteiger partial charge in [0.1, 0.15) is 11.1 Å². The first-order chi connectivity index (χ1) is 13.1. The molecule has 2 aromatic rings. The maximum absolute atomic E-state index is 12.3. The van der Waals surface area contributed by atoms with Crippen molar-refractivity contribution in [2.45, 2.75) is 51.6 Å². The van der Waals surface area contributed by atoms with Crippen molar-refractivity contribution in [2.75, 3.05) is 11.9 Å². The number of nitriles is 1. The smallest absolute Gasteiger partial charge is 0.310 e. The summed E-state index contributed by atoms with van der Waals surface area (Å²) in [5.41, 5.74) is 1.89. The Bertz CT molecular complexity index is 937. The predicted molar refractivity (Wildman–Crippen MR) is 111 cm³/mol. The lowest BCUT2D eigenvalue weighted by Gasteiger charge is -2.42. The first-order valence-electron chi connectivity index (χ1n) is 8.93. The highest BCUT2D eigenvalue weighted by molar-refractivity contribution is 7.17. The molecule has 0 fully saturated rings. The van der Waals surface area contributed by atoms with Crippen molar-refractivity contribution in [3.8, 4) is 6.07 Å². The Morgan fingerprint density at radius 3 is 2.75 bits per heavy atom. The Labute approximate surface area is 172 Å². The van der Waals surface area contributed by atoms with Crippen molar-refractivity contribution in [3.63, 3.8) is 0 Å². The van der Waals surface area contributed by atoms with Gasteiger partial charge in [-0.15, -0.1) is 11.3 Å². The van der Waals surface area contributed by atoms with E-state index in [1.165, 1.54) is 22.7 Å². The number of esters is 1. The number of rotatable bonds is 5. The minimum Gasteiger partial charge on any atom is -0.455 e. The van der Waals surface area contributed by atoms with Crippen molar-refractivity contribution in [3.05, 3.63) is 38.4 Å². The zero-order chi connectivity index (χ0) is 20.5. The average Bonchev–Trinajstić information content (AvgIpc) is 3.19. The summed E-state index contributed by atoms with van der Waals surface area (Å²) in [5, 5.41) is 20.3. The van der Waals surface area contributed by atoms with E-state index in [9.17, 15) is 14.9 Å². The van der Waals surface area contributed by atoms with Gasteiger partial charge in [0.2, 0.25) is 0 Å². The number of thiophene rings is 2. The largest absolute Gasteiger partial charge is 0.455 e. The van der Waals surface area contributed by atoms with Gasteiger partial charge in [-0.2, -0.15) is 16.6 Å². The molecule has 0 radical (unpaired) electrons. The molecule has 1 amide bonds. The molecule has 0 aromatic carbocycles. The van der Waals surface area contributed by atoms with Crippen LogP contribution in [0.2, 0.25) is 0 Å². The van der Waals surface area contributed by atoms with E-state index in [0.717, 1.165) is 16.0 Å². The first kappa shape index (κ1) is 20.5. The Balaban J connectivity index is 1.69. The lowest BCUT2D eigenvalue weighted by molar-refractivity contribution is -0.146. The van der Waals surface area contributed by atoms with Crippen LogP contribution in [0.1, 0.15) is 49.3 Å². The molecule has 1 aliphatic heterocycles. The lowest BCUT2D eigenvalue weighted by atomic mass is 9.81. The molecule has 2 aromatic heterocycles. The molecule has 1 aliphatic rings. The fourth-order valence-electron chi connectivity index (χ4n) is 3.65. The van der Waals surface area contributed by atoms with Gasteiger partial charge < -0.3 is 15.4 Å². The molecule has 3 heterocycles.